The number of urea groups is 1. The van der Waals surface area contributed by atoms with Gasteiger partial charge in [0.1, 0.15) is 23.0 Å². The van der Waals surface area contributed by atoms with Crippen molar-refractivity contribution in [2.75, 3.05) is 10.6 Å². The van der Waals surface area contributed by atoms with Gasteiger partial charge in [-0.15, -0.1) is 0 Å². The number of carbonyl (C=O) groups excluding carboxylic acids is 3. The highest BCUT2D eigenvalue weighted by molar-refractivity contribution is 6.31. The molecule has 0 atom stereocenters. The molecule has 0 saturated carbocycles. The highest BCUT2D eigenvalue weighted by atomic mass is 35.5. The first-order valence-electron chi connectivity index (χ1n) is 12.2. The van der Waals surface area contributed by atoms with Crippen LogP contribution in [0.25, 0.3) is 6.08 Å². The molecule has 0 spiro atoms. The molecule has 4 amide bonds. The molecule has 0 unspecified atom stereocenters. The van der Waals surface area contributed by atoms with E-state index in [0.29, 0.717) is 17.0 Å². The maximum Gasteiger partial charge on any atom is 0.417 e. The Hall–Kier alpha value is -5.43. The number of nitrogens with zero attached hydrogens (tertiary/aromatic N) is 1. The van der Waals surface area contributed by atoms with Crippen molar-refractivity contribution in [3.8, 4) is 11.5 Å². The summed E-state index contributed by atoms with van der Waals surface area (Å²) in [5.41, 5.74) is 3.91. The Morgan fingerprint density at radius 1 is 0.837 bits per heavy atom. The smallest absolute Gasteiger partial charge is 0.417 e. The highest BCUT2D eigenvalue weighted by Crippen LogP contribution is 2.36. The molecule has 1 heterocycles. The first-order chi connectivity index (χ1) is 20.5. The Bertz CT molecular complexity index is 1680. The molecule has 220 valence electrons. The van der Waals surface area contributed by atoms with Crippen LogP contribution in [0.4, 0.5) is 33.7 Å². The number of alkyl halides is 3. The Kier molecular flexibility index (Phi) is 9.58. The van der Waals surface area contributed by atoms with Crippen LogP contribution in [0.2, 0.25) is 5.02 Å². The number of hydrazine groups is 1. The van der Waals surface area contributed by atoms with E-state index in [9.17, 15) is 31.9 Å². The summed E-state index contributed by atoms with van der Waals surface area (Å²) in [7, 11) is 0. The van der Waals surface area contributed by atoms with E-state index in [1.54, 1.807) is 6.07 Å². The van der Waals surface area contributed by atoms with Gasteiger partial charge in [-0.25, -0.2) is 9.18 Å². The molecule has 4 aromatic rings. The van der Waals surface area contributed by atoms with Gasteiger partial charge in [0.25, 0.3) is 11.8 Å². The number of hydrogen-bond acceptors (Lipinski definition) is 5. The number of amides is 4. The molecule has 0 fully saturated rings. The van der Waals surface area contributed by atoms with Crippen molar-refractivity contribution in [2.45, 2.75) is 6.18 Å². The lowest BCUT2D eigenvalue weighted by Crippen LogP contribution is -2.41. The molecule has 1 aromatic heterocycles. The average Bonchev–Trinajstić information content (AvgIpc) is 2.96. The Labute approximate surface area is 246 Å². The lowest BCUT2D eigenvalue weighted by Gasteiger charge is -2.12. The molecule has 0 aliphatic rings. The van der Waals surface area contributed by atoms with E-state index in [-0.39, 0.29) is 17.1 Å². The highest BCUT2D eigenvalue weighted by Gasteiger charge is 2.33. The standard InChI is InChI=1S/C29H20ClF4N5O4/c30-24-10-7-20(15-23(24)29(32,33)34)37-28(42)36-19-5-8-21(9-6-19)43-22-12-13-35-25(16-22)27(41)39-38-26(40)11-4-17-2-1-3-18(31)14-17/h1-16H,(H,38,40)(H,39,41)(H2,36,37,42). The van der Waals surface area contributed by atoms with Gasteiger partial charge in [0.2, 0.25) is 0 Å². The number of pyridine rings is 1. The van der Waals surface area contributed by atoms with Crippen molar-refractivity contribution in [3.05, 3.63) is 119 Å². The maximum atomic E-state index is 13.2. The van der Waals surface area contributed by atoms with Crippen LogP contribution in [0.15, 0.2) is 91.1 Å². The van der Waals surface area contributed by atoms with Crippen molar-refractivity contribution < 1.29 is 36.7 Å². The minimum atomic E-state index is -4.68. The molecule has 0 bridgehead atoms. The van der Waals surface area contributed by atoms with Gasteiger partial charge in [0.15, 0.2) is 0 Å². The average molecular weight is 614 g/mol. The van der Waals surface area contributed by atoms with Crippen molar-refractivity contribution in [1.82, 2.24) is 15.8 Å². The van der Waals surface area contributed by atoms with Gasteiger partial charge in [-0.1, -0.05) is 23.7 Å². The van der Waals surface area contributed by atoms with Crippen molar-refractivity contribution in [2.24, 2.45) is 0 Å². The first kappa shape index (κ1) is 30.5. The lowest BCUT2D eigenvalue weighted by atomic mass is 10.2. The number of halogens is 5. The van der Waals surface area contributed by atoms with Gasteiger partial charge in [-0.2, -0.15) is 13.2 Å². The first-order valence-corrected chi connectivity index (χ1v) is 12.6. The zero-order valence-corrected chi connectivity index (χ0v) is 22.5. The largest absolute Gasteiger partial charge is 0.457 e. The quantitative estimate of drug-likeness (QED) is 0.104. The van der Waals surface area contributed by atoms with Crippen molar-refractivity contribution in [1.29, 1.82) is 0 Å². The second kappa shape index (κ2) is 13.5. The molecule has 3 aromatic carbocycles. The van der Waals surface area contributed by atoms with Crippen LogP contribution in [0.3, 0.4) is 0 Å². The van der Waals surface area contributed by atoms with E-state index >= 15 is 0 Å². The number of ether oxygens (including phenoxy) is 1. The number of benzene rings is 3. The number of rotatable bonds is 7. The number of carbonyl (C=O) groups is 3. The fourth-order valence-electron chi connectivity index (χ4n) is 3.46. The molecule has 0 saturated heterocycles. The molecule has 43 heavy (non-hydrogen) atoms. The van der Waals surface area contributed by atoms with Gasteiger partial charge < -0.3 is 15.4 Å². The lowest BCUT2D eigenvalue weighted by molar-refractivity contribution is -0.137. The van der Waals surface area contributed by atoms with Crippen LogP contribution in [-0.4, -0.2) is 22.8 Å². The van der Waals surface area contributed by atoms with Crippen LogP contribution in [0, 0.1) is 5.82 Å². The summed E-state index contributed by atoms with van der Waals surface area (Å²) in [6.45, 7) is 0. The normalized spacial score (nSPS) is 11.1. The van der Waals surface area contributed by atoms with Crippen molar-refractivity contribution in [3.63, 3.8) is 0 Å². The fraction of sp³-hybridized carbons (Fsp3) is 0.0345. The zero-order valence-electron chi connectivity index (χ0n) is 21.7. The number of aromatic nitrogens is 1. The van der Waals surface area contributed by atoms with Gasteiger partial charge >= 0.3 is 12.2 Å². The van der Waals surface area contributed by atoms with E-state index in [1.165, 1.54) is 72.9 Å². The summed E-state index contributed by atoms with van der Waals surface area (Å²) < 4.78 is 58.1. The molecule has 0 aliphatic heterocycles. The maximum absolute atomic E-state index is 13.2. The molecule has 9 nitrogen and oxygen atoms in total. The summed E-state index contributed by atoms with van der Waals surface area (Å²) in [5, 5.41) is 4.30. The van der Waals surface area contributed by atoms with Gasteiger partial charge in [0.05, 0.1) is 10.6 Å². The predicted molar refractivity (Wildman–Crippen MR) is 151 cm³/mol. The second-order valence-electron chi connectivity index (χ2n) is 8.61. The Morgan fingerprint density at radius 2 is 1.56 bits per heavy atom. The third-order valence-corrected chi connectivity index (χ3v) is 5.75. The van der Waals surface area contributed by atoms with E-state index in [2.05, 4.69) is 26.5 Å². The molecule has 0 aliphatic carbocycles. The van der Waals surface area contributed by atoms with Crippen LogP contribution in [0.1, 0.15) is 21.6 Å². The van der Waals surface area contributed by atoms with Gasteiger partial charge in [-0.3, -0.25) is 25.4 Å². The third kappa shape index (κ3) is 9.03. The minimum absolute atomic E-state index is 0.0715. The topological polar surface area (TPSA) is 121 Å². The van der Waals surface area contributed by atoms with Crippen LogP contribution < -0.4 is 26.2 Å². The number of anilines is 2. The zero-order chi connectivity index (χ0) is 31.0. The molecular formula is C29H20ClF4N5O4. The number of nitrogens with one attached hydrogen (secondary N) is 4. The third-order valence-electron chi connectivity index (χ3n) is 5.42. The van der Waals surface area contributed by atoms with E-state index < -0.39 is 40.4 Å². The minimum Gasteiger partial charge on any atom is -0.457 e. The van der Waals surface area contributed by atoms with Crippen molar-refractivity contribution >= 4 is 46.9 Å². The van der Waals surface area contributed by atoms with E-state index in [4.69, 9.17) is 16.3 Å². The molecule has 0 radical (unpaired) electrons. The molecule has 14 heteroatoms. The Balaban J connectivity index is 1.29. The van der Waals surface area contributed by atoms with E-state index in [1.807, 2.05) is 0 Å². The molecule has 4 N–H and O–H groups in total. The summed E-state index contributed by atoms with van der Waals surface area (Å²) in [6.07, 6.45) is -0.875. The summed E-state index contributed by atoms with van der Waals surface area (Å²) in [5.74, 6) is -1.29. The van der Waals surface area contributed by atoms with Gasteiger partial charge in [0, 0.05) is 29.7 Å². The summed E-state index contributed by atoms with van der Waals surface area (Å²) in [6, 6.07) is 16.6. The van der Waals surface area contributed by atoms with Gasteiger partial charge in [-0.05, 0) is 72.3 Å². The number of hydrogen-bond donors (Lipinski definition) is 4. The fourth-order valence-corrected chi connectivity index (χ4v) is 3.69. The second-order valence-corrected chi connectivity index (χ2v) is 9.01. The molecule has 4 rings (SSSR count). The summed E-state index contributed by atoms with van der Waals surface area (Å²) in [4.78, 5) is 40.6. The van der Waals surface area contributed by atoms with Crippen LogP contribution in [0.5, 0.6) is 11.5 Å². The predicted octanol–water partition coefficient (Wildman–Crippen LogP) is 6.80. The Morgan fingerprint density at radius 3 is 2.28 bits per heavy atom. The SMILES string of the molecule is O=C(C=Cc1cccc(F)c1)NNC(=O)c1cc(Oc2ccc(NC(=O)Nc3ccc(Cl)c(C(F)(F)F)c3)cc2)ccn1. The summed E-state index contributed by atoms with van der Waals surface area (Å²) >= 11 is 5.59. The molecular weight excluding hydrogens is 594 g/mol. The van der Waals surface area contributed by atoms with Crippen LogP contribution >= 0.6 is 11.6 Å². The monoisotopic (exact) mass is 613 g/mol. The van der Waals surface area contributed by atoms with Crippen LogP contribution in [-0.2, 0) is 11.0 Å². The van der Waals surface area contributed by atoms with E-state index in [0.717, 1.165) is 18.2 Å².